The Morgan fingerprint density at radius 3 is 2.62 bits per heavy atom. The van der Waals surface area contributed by atoms with E-state index in [0.717, 1.165) is 8.66 Å². The molecule has 0 aliphatic heterocycles. The molecule has 0 saturated heterocycles. The zero-order chi connectivity index (χ0) is 12.2. The average Bonchev–Trinajstić information content (AvgIpc) is 2.48. The molecule has 1 rings (SSSR count). The molecule has 0 spiro atoms. The van der Waals surface area contributed by atoms with E-state index in [0.29, 0.717) is 0 Å². The number of carbonyl (C=O) groups is 1. The van der Waals surface area contributed by atoms with Crippen molar-refractivity contribution in [2.45, 2.75) is 12.6 Å². The Hall–Kier alpha value is -0.400. The van der Waals surface area contributed by atoms with Gasteiger partial charge < -0.3 is 4.74 Å². The van der Waals surface area contributed by atoms with E-state index in [1.54, 1.807) is 12.1 Å². The zero-order valence-corrected chi connectivity index (χ0v) is 10.4. The molecule has 2 nitrogen and oxygen atoms in total. The highest BCUT2D eigenvalue weighted by molar-refractivity contribution is 9.11. The maximum atomic E-state index is 11.7. The van der Waals surface area contributed by atoms with Gasteiger partial charge in [-0.1, -0.05) is 0 Å². The first kappa shape index (κ1) is 13.7. The predicted octanol–water partition coefficient (Wildman–Crippen LogP) is 3.20. The molecule has 1 aromatic rings. The van der Waals surface area contributed by atoms with E-state index < -0.39 is 19.4 Å². The second-order valence-corrected chi connectivity index (χ2v) is 5.58. The van der Waals surface area contributed by atoms with Gasteiger partial charge in [0.2, 0.25) is 0 Å². The third-order valence-corrected chi connectivity index (χ3v) is 3.15. The number of carbonyl (C=O) groups excluding carboxylic acids is 1. The maximum absolute atomic E-state index is 11.7. The van der Waals surface area contributed by atoms with Gasteiger partial charge in [-0.25, -0.2) is 0 Å². The van der Waals surface area contributed by atoms with Crippen molar-refractivity contribution in [1.82, 2.24) is 0 Å². The van der Waals surface area contributed by atoms with Crippen molar-refractivity contribution in [3.8, 4) is 0 Å². The first-order chi connectivity index (χ1) is 7.37. The molecule has 0 aromatic carbocycles. The third-order valence-electron chi connectivity index (χ3n) is 1.53. The minimum absolute atomic E-state index is 0.105. The van der Waals surface area contributed by atoms with Crippen LogP contribution in [0.4, 0.5) is 13.2 Å². The van der Waals surface area contributed by atoms with Crippen molar-refractivity contribution in [1.29, 1.82) is 0 Å². The molecule has 0 saturated carbocycles. The molecule has 0 amide bonds. The average molecular weight is 317 g/mol. The summed E-state index contributed by atoms with van der Waals surface area (Å²) in [7, 11) is 0. The minimum atomic E-state index is -4.38. The molecule has 0 N–H and O–H groups in total. The molecule has 0 aliphatic rings. The molecule has 90 valence electrons. The molecule has 16 heavy (non-hydrogen) atoms. The Kier molecular flexibility index (Phi) is 4.94. The summed E-state index contributed by atoms with van der Waals surface area (Å²) in [5, 5.41) is 0. The van der Waals surface area contributed by atoms with Gasteiger partial charge >= 0.3 is 6.18 Å². The molecular formula is C9H8BrF3O2S. The van der Waals surface area contributed by atoms with Gasteiger partial charge in [0.05, 0.1) is 3.79 Å². The lowest BCUT2D eigenvalue weighted by molar-refractivity contribution is -0.175. The fourth-order valence-corrected chi connectivity index (χ4v) is 2.48. The number of alkyl halides is 3. The van der Waals surface area contributed by atoms with Gasteiger partial charge in [-0.05, 0) is 28.1 Å². The van der Waals surface area contributed by atoms with Gasteiger partial charge in [0.15, 0.2) is 5.78 Å². The number of hydrogen-bond donors (Lipinski definition) is 0. The van der Waals surface area contributed by atoms with Gasteiger partial charge in [-0.3, -0.25) is 4.79 Å². The van der Waals surface area contributed by atoms with Crippen LogP contribution in [0.3, 0.4) is 0 Å². The SMILES string of the molecule is O=C(COCC(F)(F)F)Cc1ccc(Br)s1. The van der Waals surface area contributed by atoms with E-state index >= 15 is 0 Å². The molecule has 0 aliphatic carbocycles. The molecule has 0 atom stereocenters. The Bertz CT molecular complexity index is 362. The van der Waals surface area contributed by atoms with E-state index in [1.165, 1.54) is 11.3 Å². The standard InChI is InChI=1S/C9H8BrF3O2S/c10-8-2-1-7(16-8)3-6(14)4-15-5-9(11,12)13/h1-2H,3-5H2. The number of Topliss-reactive ketones (excluding diaryl/α,β-unsaturated/α-hetero) is 1. The van der Waals surface area contributed by atoms with Crippen molar-refractivity contribution in [3.05, 3.63) is 20.8 Å². The summed E-state index contributed by atoms with van der Waals surface area (Å²) >= 11 is 4.60. The molecule has 1 aromatic heterocycles. The molecule has 0 bridgehead atoms. The highest BCUT2D eigenvalue weighted by Crippen LogP contribution is 2.22. The first-order valence-electron chi connectivity index (χ1n) is 4.27. The van der Waals surface area contributed by atoms with E-state index in [4.69, 9.17) is 0 Å². The highest BCUT2D eigenvalue weighted by atomic mass is 79.9. The van der Waals surface area contributed by atoms with Crippen LogP contribution in [-0.2, 0) is 16.0 Å². The van der Waals surface area contributed by atoms with Gasteiger partial charge in [0, 0.05) is 11.3 Å². The Morgan fingerprint density at radius 2 is 2.12 bits per heavy atom. The second-order valence-electron chi connectivity index (χ2n) is 3.03. The lowest BCUT2D eigenvalue weighted by atomic mass is 10.2. The largest absolute Gasteiger partial charge is 0.411 e. The molecule has 0 unspecified atom stereocenters. The van der Waals surface area contributed by atoms with Gasteiger partial charge in [-0.2, -0.15) is 13.2 Å². The van der Waals surface area contributed by atoms with Crippen LogP contribution >= 0.6 is 27.3 Å². The summed E-state index contributed by atoms with van der Waals surface area (Å²) in [6.07, 6.45) is -4.28. The van der Waals surface area contributed by atoms with Crippen molar-refractivity contribution in [2.24, 2.45) is 0 Å². The summed E-state index contributed by atoms with van der Waals surface area (Å²) in [5.74, 6) is -0.362. The summed E-state index contributed by atoms with van der Waals surface area (Å²) < 4.78 is 40.2. The summed E-state index contributed by atoms with van der Waals surface area (Å²) in [4.78, 5) is 12.0. The number of halogens is 4. The number of thiophene rings is 1. The van der Waals surface area contributed by atoms with Crippen molar-refractivity contribution < 1.29 is 22.7 Å². The van der Waals surface area contributed by atoms with Crippen LogP contribution in [0.5, 0.6) is 0 Å². The maximum Gasteiger partial charge on any atom is 0.411 e. The van der Waals surface area contributed by atoms with E-state index in [1.807, 2.05) is 0 Å². The van der Waals surface area contributed by atoms with E-state index in [9.17, 15) is 18.0 Å². The fraction of sp³-hybridized carbons (Fsp3) is 0.444. The van der Waals surface area contributed by atoms with Crippen LogP contribution in [0.15, 0.2) is 15.9 Å². The van der Waals surface area contributed by atoms with E-state index in [2.05, 4.69) is 20.7 Å². The number of ether oxygens (including phenoxy) is 1. The molecule has 1 heterocycles. The van der Waals surface area contributed by atoms with Crippen molar-refractivity contribution in [3.63, 3.8) is 0 Å². The van der Waals surface area contributed by atoms with Crippen LogP contribution in [0.25, 0.3) is 0 Å². The number of rotatable bonds is 5. The lowest BCUT2D eigenvalue weighted by Crippen LogP contribution is -2.21. The van der Waals surface area contributed by atoms with Gasteiger partial charge in [0.25, 0.3) is 0 Å². The third kappa shape index (κ3) is 5.62. The second kappa shape index (κ2) is 5.79. The monoisotopic (exact) mass is 316 g/mol. The highest BCUT2D eigenvalue weighted by Gasteiger charge is 2.27. The Morgan fingerprint density at radius 1 is 1.44 bits per heavy atom. The lowest BCUT2D eigenvalue weighted by Gasteiger charge is -2.06. The van der Waals surface area contributed by atoms with E-state index in [-0.39, 0.29) is 12.2 Å². The smallest absolute Gasteiger partial charge is 0.364 e. The minimum Gasteiger partial charge on any atom is -0.364 e. The zero-order valence-electron chi connectivity index (χ0n) is 8.01. The van der Waals surface area contributed by atoms with Crippen molar-refractivity contribution in [2.75, 3.05) is 13.2 Å². The van der Waals surface area contributed by atoms with Crippen LogP contribution in [0.1, 0.15) is 4.88 Å². The summed E-state index contributed by atoms with van der Waals surface area (Å²) in [5.41, 5.74) is 0. The number of ketones is 1. The van der Waals surface area contributed by atoms with Crippen LogP contribution in [0, 0.1) is 0 Å². The van der Waals surface area contributed by atoms with Crippen molar-refractivity contribution >= 4 is 33.0 Å². The normalized spacial score (nSPS) is 11.8. The molecule has 0 fully saturated rings. The van der Waals surface area contributed by atoms with Crippen LogP contribution < -0.4 is 0 Å². The summed E-state index contributed by atoms with van der Waals surface area (Å²) in [6, 6.07) is 3.53. The first-order valence-corrected chi connectivity index (χ1v) is 5.88. The molecule has 0 radical (unpaired) electrons. The Balaban J connectivity index is 2.26. The van der Waals surface area contributed by atoms with Crippen LogP contribution in [-0.4, -0.2) is 25.2 Å². The fourth-order valence-electron chi connectivity index (χ4n) is 0.973. The number of hydrogen-bond acceptors (Lipinski definition) is 3. The van der Waals surface area contributed by atoms with Gasteiger partial charge in [0.1, 0.15) is 13.2 Å². The van der Waals surface area contributed by atoms with Gasteiger partial charge in [-0.15, -0.1) is 11.3 Å². The Labute approximate surface area is 103 Å². The van der Waals surface area contributed by atoms with Crippen LogP contribution in [0.2, 0.25) is 0 Å². The summed E-state index contributed by atoms with van der Waals surface area (Å²) in [6.45, 7) is -1.89. The predicted molar refractivity (Wildman–Crippen MR) is 57.6 cm³/mol. The molecular weight excluding hydrogens is 309 g/mol. The quantitative estimate of drug-likeness (QED) is 0.834. The topological polar surface area (TPSA) is 26.3 Å². The molecule has 7 heteroatoms.